The van der Waals surface area contributed by atoms with Gasteiger partial charge in [-0.1, -0.05) is 12.1 Å². The Kier molecular flexibility index (Phi) is 3.82. The molecule has 3 atom stereocenters. The zero-order chi connectivity index (χ0) is 16.5. The number of aliphatic hydroxyl groups excluding tert-OH is 1. The second kappa shape index (κ2) is 6.13. The van der Waals surface area contributed by atoms with Crippen LogP contribution in [0.5, 0.6) is 0 Å². The zero-order valence-corrected chi connectivity index (χ0v) is 13.2. The summed E-state index contributed by atoms with van der Waals surface area (Å²) >= 11 is 0. The highest BCUT2D eigenvalue weighted by molar-refractivity contribution is 6.05. The fraction of sp³-hybridized carbons (Fsp3) is 0.333. The van der Waals surface area contributed by atoms with Crippen LogP contribution in [-0.4, -0.2) is 37.7 Å². The third-order valence-electron chi connectivity index (χ3n) is 4.80. The van der Waals surface area contributed by atoms with E-state index in [-0.39, 0.29) is 11.9 Å². The summed E-state index contributed by atoms with van der Waals surface area (Å²) in [6.07, 6.45) is 8.23. The normalized spacial score (nSPS) is 23.6. The summed E-state index contributed by atoms with van der Waals surface area (Å²) < 4.78 is 2.02. The molecule has 1 unspecified atom stereocenters. The lowest BCUT2D eigenvalue weighted by atomic mass is 10.1. The van der Waals surface area contributed by atoms with Crippen molar-refractivity contribution < 1.29 is 9.90 Å². The van der Waals surface area contributed by atoms with Crippen molar-refractivity contribution in [2.24, 2.45) is 5.92 Å². The van der Waals surface area contributed by atoms with E-state index in [0.717, 1.165) is 23.9 Å². The van der Waals surface area contributed by atoms with Crippen LogP contribution in [0.15, 0.2) is 49.2 Å². The molecular weight excluding hydrogens is 304 g/mol. The molecule has 4 rings (SSSR count). The zero-order valence-electron chi connectivity index (χ0n) is 13.2. The molecule has 0 bridgehead atoms. The van der Waals surface area contributed by atoms with Crippen molar-refractivity contribution in [2.45, 2.75) is 31.5 Å². The van der Waals surface area contributed by atoms with Crippen LogP contribution in [0.3, 0.4) is 0 Å². The summed E-state index contributed by atoms with van der Waals surface area (Å²) in [4.78, 5) is 19.8. The van der Waals surface area contributed by atoms with Crippen molar-refractivity contribution in [1.29, 1.82) is 0 Å². The number of para-hydroxylation sites is 1. The smallest absolute Gasteiger partial charge is 0.253 e. The maximum Gasteiger partial charge on any atom is 0.253 e. The van der Waals surface area contributed by atoms with Crippen LogP contribution in [0, 0.1) is 5.92 Å². The number of rotatable bonds is 4. The summed E-state index contributed by atoms with van der Waals surface area (Å²) in [6, 6.07) is 7.37. The fourth-order valence-electron chi connectivity index (χ4n) is 3.64. The number of carbonyl (C=O) groups excluding carboxylic acids is 1. The Morgan fingerprint density at radius 3 is 3.12 bits per heavy atom. The van der Waals surface area contributed by atoms with E-state index in [9.17, 15) is 9.90 Å². The number of fused-ring (bicyclic) bond motifs is 1. The number of benzene rings is 1. The molecule has 0 saturated heterocycles. The summed E-state index contributed by atoms with van der Waals surface area (Å²) in [7, 11) is 0. The molecule has 6 heteroatoms. The lowest BCUT2D eigenvalue weighted by Crippen LogP contribution is -2.40. The molecule has 1 aliphatic carbocycles. The number of carbonyl (C=O) groups is 1. The van der Waals surface area contributed by atoms with Crippen molar-refractivity contribution in [2.75, 3.05) is 0 Å². The number of aromatic nitrogens is 3. The average Bonchev–Trinajstić information content (AvgIpc) is 3.29. The molecule has 1 aliphatic rings. The number of imidazole rings is 1. The number of H-pyrrole nitrogens is 1. The van der Waals surface area contributed by atoms with Gasteiger partial charge < -0.3 is 20.0 Å². The number of nitrogens with one attached hydrogen (secondary N) is 2. The molecule has 6 nitrogen and oxygen atoms in total. The number of amides is 1. The average molecular weight is 324 g/mol. The molecule has 1 fully saturated rings. The van der Waals surface area contributed by atoms with E-state index in [4.69, 9.17) is 0 Å². The van der Waals surface area contributed by atoms with Gasteiger partial charge in [-0.15, -0.1) is 0 Å². The van der Waals surface area contributed by atoms with Crippen LogP contribution in [0.1, 0.15) is 23.2 Å². The highest BCUT2D eigenvalue weighted by Gasteiger charge is 2.34. The first-order valence-electron chi connectivity index (χ1n) is 8.21. The molecule has 24 heavy (non-hydrogen) atoms. The third-order valence-corrected chi connectivity index (χ3v) is 4.80. The van der Waals surface area contributed by atoms with Crippen molar-refractivity contribution in [3.8, 4) is 0 Å². The lowest BCUT2D eigenvalue weighted by Gasteiger charge is -2.17. The first kappa shape index (κ1) is 15.0. The lowest BCUT2D eigenvalue weighted by molar-refractivity contribution is 0.0874. The predicted octanol–water partition coefficient (Wildman–Crippen LogP) is 1.93. The van der Waals surface area contributed by atoms with Crippen LogP contribution in [0.25, 0.3) is 10.9 Å². The number of hydrogen-bond acceptors (Lipinski definition) is 3. The molecule has 1 aromatic carbocycles. The van der Waals surface area contributed by atoms with Gasteiger partial charge in [0.25, 0.3) is 5.91 Å². The van der Waals surface area contributed by atoms with Crippen LogP contribution < -0.4 is 5.32 Å². The van der Waals surface area contributed by atoms with Gasteiger partial charge in [-0.25, -0.2) is 4.98 Å². The Morgan fingerprint density at radius 2 is 2.29 bits per heavy atom. The minimum absolute atomic E-state index is 0.143. The Hall–Kier alpha value is -2.60. The van der Waals surface area contributed by atoms with Gasteiger partial charge in [-0.05, 0) is 30.9 Å². The first-order chi connectivity index (χ1) is 11.7. The Morgan fingerprint density at radius 1 is 1.38 bits per heavy atom. The second-order valence-corrected chi connectivity index (χ2v) is 6.49. The van der Waals surface area contributed by atoms with E-state index in [0.29, 0.717) is 17.9 Å². The first-order valence-corrected chi connectivity index (χ1v) is 8.21. The van der Waals surface area contributed by atoms with Crippen LogP contribution in [0.2, 0.25) is 0 Å². The molecule has 3 N–H and O–H groups in total. The summed E-state index contributed by atoms with van der Waals surface area (Å²) in [6.45, 7) is 0.815. The van der Waals surface area contributed by atoms with E-state index in [1.165, 1.54) is 0 Å². The Labute approximate surface area is 139 Å². The topological polar surface area (TPSA) is 82.9 Å². The summed E-state index contributed by atoms with van der Waals surface area (Å²) in [5.41, 5.74) is 1.44. The fourth-order valence-corrected chi connectivity index (χ4v) is 3.64. The standard InChI is InChI=1S/C18H20N4O2/c23-16-9-12(10-22-7-6-19-11-22)8-15(16)21-18(24)14-3-1-2-13-4-5-20-17(13)14/h1-7,11-12,15-16,20,23H,8-10H2,(H,21,24)/t12?,15-,16-/m1/s1. The van der Waals surface area contributed by atoms with Crippen molar-refractivity contribution in [3.05, 3.63) is 54.7 Å². The summed E-state index contributed by atoms with van der Waals surface area (Å²) in [5.74, 6) is 0.191. The van der Waals surface area contributed by atoms with Crippen molar-refractivity contribution in [1.82, 2.24) is 19.9 Å². The molecule has 124 valence electrons. The van der Waals surface area contributed by atoms with Gasteiger partial charge in [0.05, 0.1) is 29.6 Å². The number of aromatic amines is 1. The molecule has 3 aromatic rings. The van der Waals surface area contributed by atoms with E-state index in [2.05, 4.69) is 15.3 Å². The Balaban J connectivity index is 1.45. The maximum atomic E-state index is 12.6. The number of hydrogen-bond donors (Lipinski definition) is 3. The molecule has 2 heterocycles. The van der Waals surface area contributed by atoms with Crippen LogP contribution >= 0.6 is 0 Å². The van der Waals surface area contributed by atoms with Gasteiger partial charge in [-0.2, -0.15) is 0 Å². The van der Waals surface area contributed by atoms with E-state index < -0.39 is 6.10 Å². The quantitative estimate of drug-likeness (QED) is 0.686. The molecular formula is C18H20N4O2. The van der Waals surface area contributed by atoms with Gasteiger partial charge >= 0.3 is 0 Å². The number of aliphatic hydroxyl groups is 1. The SMILES string of the molecule is O=C(N[C@@H]1CC(Cn2ccnc2)C[C@H]1O)c1cccc2cc[nH]c12. The molecule has 0 aliphatic heterocycles. The highest BCUT2D eigenvalue weighted by atomic mass is 16.3. The maximum absolute atomic E-state index is 12.6. The second-order valence-electron chi connectivity index (χ2n) is 6.49. The van der Waals surface area contributed by atoms with Crippen LogP contribution in [-0.2, 0) is 6.54 Å². The van der Waals surface area contributed by atoms with Crippen LogP contribution in [0.4, 0.5) is 0 Å². The van der Waals surface area contributed by atoms with Gasteiger partial charge in [0, 0.05) is 30.5 Å². The Bertz CT molecular complexity index is 840. The third kappa shape index (κ3) is 2.80. The number of nitrogens with zero attached hydrogens (tertiary/aromatic N) is 2. The van der Waals surface area contributed by atoms with Gasteiger partial charge in [0.2, 0.25) is 0 Å². The largest absolute Gasteiger partial charge is 0.391 e. The van der Waals surface area contributed by atoms with E-state index >= 15 is 0 Å². The molecule has 0 spiro atoms. The molecule has 1 amide bonds. The van der Waals surface area contributed by atoms with Crippen molar-refractivity contribution in [3.63, 3.8) is 0 Å². The highest BCUT2D eigenvalue weighted by Crippen LogP contribution is 2.28. The molecule has 1 saturated carbocycles. The minimum atomic E-state index is -0.509. The predicted molar refractivity (Wildman–Crippen MR) is 90.5 cm³/mol. The van der Waals surface area contributed by atoms with Gasteiger partial charge in [0.1, 0.15) is 0 Å². The molecule has 2 aromatic heterocycles. The van der Waals surface area contributed by atoms with Crippen molar-refractivity contribution >= 4 is 16.8 Å². The van der Waals surface area contributed by atoms with E-state index in [1.807, 2.05) is 35.2 Å². The van der Waals surface area contributed by atoms with Gasteiger partial charge in [-0.3, -0.25) is 4.79 Å². The molecule has 0 radical (unpaired) electrons. The van der Waals surface area contributed by atoms with Gasteiger partial charge in [0.15, 0.2) is 0 Å². The summed E-state index contributed by atoms with van der Waals surface area (Å²) in [5, 5.41) is 14.3. The minimum Gasteiger partial charge on any atom is -0.391 e. The monoisotopic (exact) mass is 324 g/mol. The van der Waals surface area contributed by atoms with E-state index in [1.54, 1.807) is 18.6 Å².